The first kappa shape index (κ1) is 20.3. The smallest absolute Gasteiger partial charge is 0.356 e. The molecular weight excluding hydrogens is 446 g/mol. The van der Waals surface area contributed by atoms with E-state index < -0.39 is 22.9 Å². The van der Waals surface area contributed by atoms with Crippen LogP contribution in [0.25, 0.3) is 10.9 Å². The Balaban J connectivity index is 1.74. The lowest BCUT2D eigenvalue weighted by Gasteiger charge is -2.13. The fourth-order valence-corrected chi connectivity index (χ4v) is 3.26. The van der Waals surface area contributed by atoms with Gasteiger partial charge in [0, 0.05) is 10.9 Å². The van der Waals surface area contributed by atoms with E-state index in [4.69, 9.17) is 9.47 Å². The lowest BCUT2D eigenvalue weighted by molar-refractivity contribution is -0.384. The SMILES string of the molecule is COc1ccc(NC(=O)C(C)OC(=O)c2[nH]c3ccccc3c2Br)c([N+](=O)[O-])c1. The van der Waals surface area contributed by atoms with Gasteiger partial charge in [-0.05, 0) is 41.1 Å². The Morgan fingerprint density at radius 3 is 2.62 bits per heavy atom. The molecule has 9 nitrogen and oxygen atoms in total. The van der Waals surface area contributed by atoms with Crippen molar-refractivity contribution in [2.45, 2.75) is 13.0 Å². The quantitative estimate of drug-likeness (QED) is 0.324. The van der Waals surface area contributed by atoms with Gasteiger partial charge in [-0.25, -0.2) is 4.79 Å². The molecule has 0 aliphatic heterocycles. The number of aromatic nitrogens is 1. The summed E-state index contributed by atoms with van der Waals surface area (Å²) in [5.41, 5.74) is 0.531. The van der Waals surface area contributed by atoms with Gasteiger partial charge in [0.2, 0.25) is 0 Å². The number of hydrogen-bond donors (Lipinski definition) is 2. The number of amides is 1. The zero-order valence-corrected chi connectivity index (χ0v) is 17.0. The summed E-state index contributed by atoms with van der Waals surface area (Å²) in [6.07, 6.45) is -1.19. The summed E-state index contributed by atoms with van der Waals surface area (Å²) in [6, 6.07) is 11.3. The first-order chi connectivity index (χ1) is 13.8. The molecule has 150 valence electrons. The average Bonchev–Trinajstić information content (AvgIpc) is 3.05. The summed E-state index contributed by atoms with van der Waals surface area (Å²) < 4.78 is 10.7. The van der Waals surface area contributed by atoms with Crippen molar-refractivity contribution in [2.24, 2.45) is 0 Å². The lowest BCUT2D eigenvalue weighted by Crippen LogP contribution is -2.30. The van der Waals surface area contributed by atoms with Crippen LogP contribution < -0.4 is 10.1 Å². The van der Waals surface area contributed by atoms with Gasteiger partial charge in [-0.15, -0.1) is 0 Å². The second-order valence-corrected chi connectivity index (χ2v) is 6.83. The molecule has 0 bridgehead atoms. The van der Waals surface area contributed by atoms with Crippen molar-refractivity contribution in [2.75, 3.05) is 12.4 Å². The van der Waals surface area contributed by atoms with Crippen LogP contribution in [-0.4, -0.2) is 35.0 Å². The van der Waals surface area contributed by atoms with Crippen molar-refractivity contribution in [1.29, 1.82) is 0 Å². The molecule has 0 radical (unpaired) electrons. The molecule has 0 saturated carbocycles. The van der Waals surface area contributed by atoms with E-state index in [1.165, 1.54) is 32.2 Å². The van der Waals surface area contributed by atoms with Crippen LogP contribution in [0.4, 0.5) is 11.4 Å². The van der Waals surface area contributed by atoms with Crippen LogP contribution in [0.5, 0.6) is 5.75 Å². The van der Waals surface area contributed by atoms with E-state index >= 15 is 0 Å². The Labute approximate surface area is 173 Å². The van der Waals surface area contributed by atoms with Gasteiger partial charge in [0.25, 0.3) is 11.6 Å². The number of hydrogen-bond acceptors (Lipinski definition) is 6. The number of esters is 1. The molecule has 3 aromatic rings. The van der Waals surface area contributed by atoms with Gasteiger partial charge in [-0.3, -0.25) is 14.9 Å². The van der Waals surface area contributed by atoms with Crippen molar-refractivity contribution >= 4 is 50.1 Å². The van der Waals surface area contributed by atoms with Gasteiger partial charge in [0.05, 0.1) is 22.6 Å². The van der Waals surface area contributed by atoms with Crippen molar-refractivity contribution in [3.63, 3.8) is 0 Å². The molecule has 1 atom stereocenters. The number of anilines is 1. The Hall–Kier alpha value is -3.40. The average molecular weight is 462 g/mol. The fourth-order valence-electron chi connectivity index (χ4n) is 2.65. The van der Waals surface area contributed by atoms with Crippen LogP contribution in [-0.2, 0) is 9.53 Å². The third-order valence-electron chi connectivity index (χ3n) is 4.16. The predicted molar refractivity (Wildman–Crippen MR) is 109 cm³/mol. The Kier molecular flexibility index (Phi) is 5.83. The van der Waals surface area contributed by atoms with Gasteiger partial charge in [-0.1, -0.05) is 18.2 Å². The van der Waals surface area contributed by atoms with Gasteiger partial charge in [0.15, 0.2) is 6.10 Å². The summed E-state index contributed by atoms with van der Waals surface area (Å²) in [5.74, 6) is -1.17. The Morgan fingerprint density at radius 2 is 1.97 bits per heavy atom. The third kappa shape index (κ3) is 4.21. The number of fused-ring (bicyclic) bond motifs is 1. The van der Waals surface area contributed by atoms with Crippen LogP contribution in [0.3, 0.4) is 0 Å². The number of H-pyrrole nitrogens is 1. The van der Waals surface area contributed by atoms with E-state index in [1.54, 1.807) is 6.07 Å². The Bertz CT molecular complexity index is 1110. The number of halogens is 1. The monoisotopic (exact) mass is 461 g/mol. The number of benzene rings is 2. The third-order valence-corrected chi connectivity index (χ3v) is 4.98. The minimum Gasteiger partial charge on any atom is -0.496 e. The molecular formula is C19H16BrN3O6. The summed E-state index contributed by atoms with van der Waals surface area (Å²) >= 11 is 3.35. The molecule has 0 aliphatic carbocycles. The minimum absolute atomic E-state index is 0.0320. The van der Waals surface area contributed by atoms with E-state index in [2.05, 4.69) is 26.2 Å². The highest BCUT2D eigenvalue weighted by molar-refractivity contribution is 9.10. The second kappa shape index (κ2) is 8.31. The molecule has 3 rings (SSSR count). The fraction of sp³-hybridized carbons (Fsp3) is 0.158. The maximum Gasteiger partial charge on any atom is 0.356 e. The van der Waals surface area contributed by atoms with E-state index in [1.807, 2.05) is 18.2 Å². The van der Waals surface area contributed by atoms with Crippen LogP contribution in [0.2, 0.25) is 0 Å². The molecule has 10 heteroatoms. The molecule has 1 heterocycles. The van der Waals surface area contributed by atoms with Crippen molar-refractivity contribution in [3.8, 4) is 5.75 Å². The zero-order valence-electron chi connectivity index (χ0n) is 15.4. The first-order valence-electron chi connectivity index (χ1n) is 8.42. The molecule has 1 aromatic heterocycles. The zero-order chi connectivity index (χ0) is 21.1. The van der Waals surface area contributed by atoms with Crippen molar-refractivity contribution < 1.29 is 24.0 Å². The topological polar surface area (TPSA) is 124 Å². The molecule has 0 fully saturated rings. The van der Waals surface area contributed by atoms with Gasteiger partial charge >= 0.3 is 5.97 Å². The number of carbonyl (C=O) groups excluding carboxylic acids is 2. The highest BCUT2D eigenvalue weighted by atomic mass is 79.9. The summed E-state index contributed by atoms with van der Waals surface area (Å²) in [5, 5.41) is 14.4. The normalized spacial score (nSPS) is 11.7. The number of carbonyl (C=O) groups is 2. The highest BCUT2D eigenvalue weighted by Gasteiger charge is 2.25. The number of aromatic amines is 1. The predicted octanol–water partition coefficient (Wildman–Crippen LogP) is 4.03. The standard InChI is InChI=1S/C19H16BrN3O6/c1-10(18(24)22-14-8-7-11(28-2)9-15(14)23(26)27)29-19(25)17-16(20)12-5-3-4-6-13(12)21-17/h3-10,21H,1-2H3,(H,22,24). The number of rotatable bonds is 6. The number of nitro groups is 1. The molecule has 2 N–H and O–H groups in total. The Morgan fingerprint density at radius 1 is 1.24 bits per heavy atom. The number of nitro benzene ring substituents is 1. The number of methoxy groups -OCH3 is 1. The van der Waals surface area contributed by atoms with E-state index in [0.29, 0.717) is 4.47 Å². The summed E-state index contributed by atoms with van der Waals surface area (Å²) in [6.45, 7) is 1.37. The molecule has 1 amide bonds. The largest absolute Gasteiger partial charge is 0.496 e. The maximum absolute atomic E-state index is 12.5. The number of para-hydroxylation sites is 1. The number of ether oxygens (including phenoxy) is 2. The van der Waals surface area contributed by atoms with Crippen LogP contribution in [0, 0.1) is 10.1 Å². The van der Waals surface area contributed by atoms with Gasteiger partial charge in [0.1, 0.15) is 17.1 Å². The number of nitrogens with one attached hydrogen (secondary N) is 2. The van der Waals surface area contributed by atoms with E-state index in [0.717, 1.165) is 10.9 Å². The van der Waals surface area contributed by atoms with Gasteiger partial charge < -0.3 is 19.8 Å². The highest BCUT2D eigenvalue weighted by Crippen LogP contribution is 2.30. The molecule has 0 spiro atoms. The lowest BCUT2D eigenvalue weighted by atomic mass is 10.2. The van der Waals surface area contributed by atoms with Crippen LogP contribution in [0.1, 0.15) is 17.4 Å². The summed E-state index contributed by atoms with van der Waals surface area (Å²) in [4.78, 5) is 38.4. The molecule has 29 heavy (non-hydrogen) atoms. The van der Waals surface area contributed by atoms with Crippen molar-refractivity contribution in [3.05, 3.63) is 62.7 Å². The first-order valence-corrected chi connectivity index (χ1v) is 9.21. The molecule has 0 saturated heterocycles. The minimum atomic E-state index is -1.19. The van der Waals surface area contributed by atoms with Crippen LogP contribution >= 0.6 is 15.9 Å². The second-order valence-electron chi connectivity index (χ2n) is 6.04. The van der Waals surface area contributed by atoms with E-state index in [9.17, 15) is 19.7 Å². The van der Waals surface area contributed by atoms with E-state index in [-0.39, 0.29) is 22.8 Å². The molecule has 2 aromatic carbocycles. The number of nitrogens with zero attached hydrogens (tertiary/aromatic N) is 1. The van der Waals surface area contributed by atoms with Gasteiger partial charge in [-0.2, -0.15) is 0 Å². The summed E-state index contributed by atoms with van der Waals surface area (Å²) in [7, 11) is 1.38. The maximum atomic E-state index is 12.5. The van der Waals surface area contributed by atoms with Crippen molar-refractivity contribution in [1.82, 2.24) is 4.98 Å². The molecule has 0 aliphatic rings. The molecule has 1 unspecified atom stereocenters. The van der Waals surface area contributed by atoms with Crippen LogP contribution in [0.15, 0.2) is 46.9 Å².